The molecule has 3 N–H and O–H groups in total. The van der Waals surface area contributed by atoms with E-state index < -0.39 is 12.0 Å². The summed E-state index contributed by atoms with van der Waals surface area (Å²) in [5.41, 5.74) is 2.60. The number of amides is 1. The van der Waals surface area contributed by atoms with Crippen LogP contribution < -0.4 is 16.0 Å². The molecule has 0 saturated heterocycles. The molecule has 0 aromatic heterocycles. The molecule has 86 valence electrons. The maximum atomic E-state index is 11.1. The normalized spacial score (nSPS) is 11.7. The highest BCUT2D eigenvalue weighted by atomic mass is 16.5. The summed E-state index contributed by atoms with van der Waals surface area (Å²) in [5.74, 6) is 5.06. The standard InChI is InChI=1S/C11H14N2O3/c1-7(14)9-3-5-10(6-4-9)16-8(2)11(15)13-12/h3-6,8H,12H2,1-2H3,(H,13,15)/t8-/m1/s1. The maximum Gasteiger partial charge on any atom is 0.274 e. The molecule has 16 heavy (non-hydrogen) atoms. The minimum atomic E-state index is -0.673. The van der Waals surface area contributed by atoms with Crippen molar-refractivity contribution >= 4 is 11.7 Å². The van der Waals surface area contributed by atoms with Gasteiger partial charge in [-0.05, 0) is 38.1 Å². The molecular formula is C11H14N2O3. The van der Waals surface area contributed by atoms with Crippen molar-refractivity contribution in [2.24, 2.45) is 5.84 Å². The van der Waals surface area contributed by atoms with Crippen LogP contribution in [0.5, 0.6) is 5.75 Å². The van der Waals surface area contributed by atoms with E-state index in [9.17, 15) is 9.59 Å². The van der Waals surface area contributed by atoms with Crippen LogP contribution in [0.4, 0.5) is 0 Å². The molecule has 0 fully saturated rings. The van der Waals surface area contributed by atoms with Crippen LogP contribution in [0, 0.1) is 0 Å². The average Bonchev–Trinajstić information content (AvgIpc) is 2.28. The Hall–Kier alpha value is -1.88. The van der Waals surface area contributed by atoms with Crippen molar-refractivity contribution in [1.82, 2.24) is 5.43 Å². The molecule has 0 aliphatic heterocycles. The molecule has 0 aliphatic carbocycles. The first kappa shape index (κ1) is 12.2. The van der Waals surface area contributed by atoms with Crippen LogP contribution in [0.25, 0.3) is 0 Å². The number of hydrazine groups is 1. The highest BCUT2D eigenvalue weighted by Gasteiger charge is 2.12. The molecule has 1 aromatic rings. The summed E-state index contributed by atoms with van der Waals surface area (Å²) in [4.78, 5) is 22.1. The third kappa shape index (κ3) is 3.06. The number of benzene rings is 1. The summed E-state index contributed by atoms with van der Waals surface area (Å²) in [7, 11) is 0. The number of carbonyl (C=O) groups is 2. The fourth-order valence-corrected chi connectivity index (χ4v) is 1.14. The minimum absolute atomic E-state index is 0.0145. The topological polar surface area (TPSA) is 81.4 Å². The van der Waals surface area contributed by atoms with E-state index in [1.165, 1.54) is 6.92 Å². The average molecular weight is 222 g/mol. The summed E-state index contributed by atoms with van der Waals surface area (Å²) >= 11 is 0. The molecule has 0 saturated carbocycles. The molecule has 0 aliphatic rings. The zero-order valence-corrected chi connectivity index (χ0v) is 9.19. The number of ketones is 1. The molecule has 5 nitrogen and oxygen atoms in total. The van der Waals surface area contributed by atoms with Crippen molar-refractivity contribution in [1.29, 1.82) is 0 Å². The van der Waals surface area contributed by atoms with Gasteiger partial charge in [0.05, 0.1) is 0 Å². The number of ether oxygens (including phenoxy) is 1. The lowest BCUT2D eigenvalue weighted by Crippen LogP contribution is -2.40. The lowest BCUT2D eigenvalue weighted by atomic mass is 10.1. The fourth-order valence-electron chi connectivity index (χ4n) is 1.14. The third-order valence-corrected chi connectivity index (χ3v) is 2.09. The summed E-state index contributed by atoms with van der Waals surface area (Å²) in [6.07, 6.45) is -0.673. The van der Waals surface area contributed by atoms with Gasteiger partial charge in [0, 0.05) is 5.56 Å². The Morgan fingerprint density at radius 3 is 2.31 bits per heavy atom. The first-order chi connectivity index (χ1) is 7.54. The molecular weight excluding hydrogens is 208 g/mol. The number of hydrogen-bond acceptors (Lipinski definition) is 4. The number of hydrogen-bond donors (Lipinski definition) is 2. The predicted molar refractivity (Wildman–Crippen MR) is 58.9 cm³/mol. The Labute approximate surface area is 93.6 Å². The molecule has 1 rings (SSSR count). The van der Waals surface area contributed by atoms with Gasteiger partial charge in [-0.1, -0.05) is 0 Å². The van der Waals surface area contributed by atoms with Crippen LogP contribution in [0.1, 0.15) is 24.2 Å². The van der Waals surface area contributed by atoms with Crippen LogP contribution in [-0.2, 0) is 4.79 Å². The van der Waals surface area contributed by atoms with Crippen molar-refractivity contribution < 1.29 is 14.3 Å². The van der Waals surface area contributed by atoms with Crippen molar-refractivity contribution in [2.45, 2.75) is 20.0 Å². The van der Waals surface area contributed by atoms with Crippen LogP contribution in [0.3, 0.4) is 0 Å². The van der Waals surface area contributed by atoms with Gasteiger partial charge in [0.2, 0.25) is 0 Å². The van der Waals surface area contributed by atoms with Gasteiger partial charge in [-0.15, -0.1) is 0 Å². The zero-order valence-electron chi connectivity index (χ0n) is 9.19. The van der Waals surface area contributed by atoms with Crippen molar-refractivity contribution in [2.75, 3.05) is 0 Å². The van der Waals surface area contributed by atoms with Gasteiger partial charge in [0.1, 0.15) is 5.75 Å². The number of nitrogens with two attached hydrogens (primary N) is 1. The quantitative estimate of drug-likeness (QED) is 0.339. The molecule has 0 heterocycles. The van der Waals surface area contributed by atoms with Gasteiger partial charge in [-0.25, -0.2) is 5.84 Å². The Morgan fingerprint density at radius 2 is 1.88 bits per heavy atom. The van der Waals surface area contributed by atoms with Crippen molar-refractivity contribution in [3.63, 3.8) is 0 Å². The van der Waals surface area contributed by atoms with Gasteiger partial charge in [-0.3, -0.25) is 15.0 Å². The van der Waals surface area contributed by atoms with Gasteiger partial charge in [0.25, 0.3) is 5.91 Å². The SMILES string of the molecule is CC(=O)c1ccc(O[C@H](C)C(=O)NN)cc1. The molecule has 0 radical (unpaired) electrons. The van der Waals surface area contributed by atoms with Gasteiger partial charge < -0.3 is 4.74 Å². The van der Waals surface area contributed by atoms with E-state index in [2.05, 4.69) is 0 Å². The second-order valence-electron chi connectivity index (χ2n) is 3.35. The zero-order chi connectivity index (χ0) is 12.1. The van der Waals surface area contributed by atoms with Gasteiger partial charge in [-0.2, -0.15) is 0 Å². The van der Waals surface area contributed by atoms with Gasteiger partial charge >= 0.3 is 0 Å². The lowest BCUT2D eigenvalue weighted by molar-refractivity contribution is -0.127. The molecule has 0 bridgehead atoms. The van der Waals surface area contributed by atoms with E-state index >= 15 is 0 Å². The fraction of sp³-hybridized carbons (Fsp3) is 0.273. The van der Waals surface area contributed by atoms with Crippen LogP contribution >= 0.6 is 0 Å². The number of Topliss-reactive ketones (excluding diaryl/α,β-unsaturated/α-hetero) is 1. The highest BCUT2D eigenvalue weighted by molar-refractivity contribution is 5.94. The lowest BCUT2D eigenvalue weighted by Gasteiger charge is -2.12. The van der Waals surface area contributed by atoms with Crippen LogP contribution in [0.2, 0.25) is 0 Å². The van der Waals surface area contributed by atoms with Crippen molar-refractivity contribution in [3.8, 4) is 5.75 Å². The first-order valence-corrected chi connectivity index (χ1v) is 4.82. The smallest absolute Gasteiger partial charge is 0.274 e. The summed E-state index contributed by atoms with van der Waals surface area (Å²) in [6, 6.07) is 6.56. The Kier molecular flexibility index (Phi) is 4.02. The monoisotopic (exact) mass is 222 g/mol. The summed E-state index contributed by atoms with van der Waals surface area (Å²) in [5, 5.41) is 0. The van der Waals surface area contributed by atoms with E-state index in [0.29, 0.717) is 11.3 Å². The second-order valence-corrected chi connectivity index (χ2v) is 3.35. The number of rotatable bonds is 4. The van der Waals surface area contributed by atoms with E-state index in [4.69, 9.17) is 10.6 Å². The van der Waals surface area contributed by atoms with E-state index in [1.807, 2.05) is 5.43 Å². The van der Waals surface area contributed by atoms with Crippen LogP contribution in [0.15, 0.2) is 24.3 Å². The second kappa shape index (κ2) is 5.27. The van der Waals surface area contributed by atoms with Gasteiger partial charge in [0.15, 0.2) is 11.9 Å². The number of carbonyl (C=O) groups excluding carboxylic acids is 2. The minimum Gasteiger partial charge on any atom is -0.481 e. The molecule has 5 heteroatoms. The van der Waals surface area contributed by atoms with E-state index in [0.717, 1.165) is 0 Å². The number of nitrogens with one attached hydrogen (secondary N) is 1. The largest absolute Gasteiger partial charge is 0.481 e. The molecule has 0 unspecified atom stereocenters. The molecule has 1 atom stereocenters. The van der Waals surface area contributed by atoms with E-state index in [1.54, 1.807) is 31.2 Å². The summed E-state index contributed by atoms with van der Waals surface area (Å²) in [6.45, 7) is 3.07. The first-order valence-electron chi connectivity index (χ1n) is 4.82. The van der Waals surface area contributed by atoms with Crippen molar-refractivity contribution in [3.05, 3.63) is 29.8 Å². The highest BCUT2D eigenvalue weighted by Crippen LogP contribution is 2.14. The molecule has 1 aromatic carbocycles. The van der Waals surface area contributed by atoms with E-state index in [-0.39, 0.29) is 5.78 Å². The third-order valence-electron chi connectivity index (χ3n) is 2.09. The predicted octanol–water partition coefficient (Wildman–Crippen LogP) is 0.646. The Bertz CT molecular complexity index is 387. The molecule has 1 amide bonds. The Morgan fingerprint density at radius 1 is 1.31 bits per heavy atom. The molecule has 0 spiro atoms. The summed E-state index contributed by atoms with van der Waals surface area (Å²) < 4.78 is 5.30. The maximum absolute atomic E-state index is 11.1. The van der Waals surface area contributed by atoms with Crippen LogP contribution in [-0.4, -0.2) is 17.8 Å². The Balaban J connectivity index is 2.68.